The molecular weight excluding hydrogens is 807 g/mol. The first-order valence-corrected chi connectivity index (χ1v) is 17.7. The molecule has 0 bridgehead atoms. The smallest absolute Gasteiger partial charge is 0.429 e. The van der Waals surface area contributed by atoms with Crippen molar-refractivity contribution in [3.63, 3.8) is 0 Å². The van der Waals surface area contributed by atoms with Gasteiger partial charge in [0.2, 0.25) is 0 Å². The number of ether oxygens (including phenoxy) is 2. The Kier molecular flexibility index (Phi) is 13.4. The molecule has 0 aromatic heterocycles. The summed E-state index contributed by atoms with van der Waals surface area (Å²) in [5, 5.41) is 0. The van der Waals surface area contributed by atoms with Crippen LogP contribution in [0.4, 0.5) is 57.1 Å². The van der Waals surface area contributed by atoms with Crippen LogP contribution in [0.2, 0.25) is 0 Å². The molecule has 0 N–H and O–H groups in total. The molecule has 0 unspecified atom stereocenters. The van der Waals surface area contributed by atoms with Gasteiger partial charge in [-0.25, -0.2) is 39.5 Å². The summed E-state index contributed by atoms with van der Waals surface area (Å²) in [4.78, 5) is 0. The largest absolute Gasteiger partial charge is 0.432 e. The van der Waals surface area contributed by atoms with Crippen LogP contribution in [0, 0.1) is 59.3 Å². The van der Waals surface area contributed by atoms with Gasteiger partial charge in [0.1, 0.15) is 57.5 Å². The Morgan fingerprint density at radius 1 is 0.424 bits per heavy atom. The molecule has 0 saturated heterocycles. The first-order valence-electron chi connectivity index (χ1n) is 17.7. The van der Waals surface area contributed by atoms with Crippen molar-refractivity contribution >= 4 is 0 Å². The summed E-state index contributed by atoms with van der Waals surface area (Å²) >= 11 is 0. The maximum absolute atomic E-state index is 14.5. The monoisotopic (exact) mass is 838 g/mol. The van der Waals surface area contributed by atoms with Gasteiger partial charge in [-0.1, -0.05) is 68.8 Å². The second kappa shape index (κ2) is 17.9. The van der Waals surface area contributed by atoms with Gasteiger partial charge in [-0.05, 0) is 77.4 Å². The Bertz CT molecular complexity index is 2360. The molecule has 0 aliphatic heterocycles. The van der Waals surface area contributed by atoms with E-state index >= 15 is 0 Å². The van der Waals surface area contributed by atoms with Crippen LogP contribution in [0.25, 0.3) is 22.3 Å². The summed E-state index contributed by atoms with van der Waals surface area (Å²) in [6, 6.07) is 17.8. The third kappa shape index (κ3) is 10.2. The lowest BCUT2D eigenvalue weighted by Crippen LogP contribution is -2.25. The lowest BCUT2D eigenvalue weighted by Gasteiger charge is -2.20. The van der Waals surface area contributed by atoms with E-state index in [9.17, 15) is 57.1 Å². The Morgan fingerprint density at radius 3 is 1.10 bits per heavy atom. The van der Waals surface area contributed by atoms with Crippen molar-refractivity contribution < 1.29 is 66.5 Å². The first kappa shape index (κ1) is 44.1. The molecule has 6 rings (SSSR count). The number of aryl methyl sites for hydroxylation is 2. The van der Waals surface area contributed by atoms with Gasteiger partial charge in [0.05, 0.1) is 0 Å². The summed E-state index contributed by atoms with van der Waals surface area (Å²) in [5.41, 5.74) is -0.823. The molecule has 15 heteroatoms. The standard InChI is InChI=1S/C23H18F6O.C21H13F7O/c1-3-4-14-5-7-15(8-6-14)16-9-20(26)22(21(27)10-16)23(28,29)30-17-11-18(24)13(2)19(25)12-17;1-2-11-3-5-12(6-4-11)13-7-15(22)19(16(23)8-13)21(27,28)29-14-9-17(24)20(26)18(25)10-14/h5-12H,3-4H2,1-2H3;3-10H,2H2,1H3. The lowest BCUT2D eigenvalue weighted by molar-refractivity contribution is -0.190. The zero-order valence-electron chi connectivity index (χ0n) is 31.1. The van der Waals surface area contributed by atoms with E-state index in [1.165, 1.54) is 0 Å². The van der Waals surface area contributed by atoms with E-state index < -0.39 is 92.8 Å². The van der Waals surface area contributed by atoms with Crippen LogP contribution in [0.1, 0.15) is 48.1 Å². The van der Waals surface area contributed by atoms with E-state index in [4.69, 9.17) is 0 Å². The molecule has 0 atom stereocenters. The normalized spacial score (nSPS) is 11.6. The van der Waals surface area contributed by atoms with Crippen molar-refractivity contribution in [1.29, 1.82) is 0 Å². The van der Waals surface area contributed by atoms with Gasteiger partial charge in [0, 0.05) is 29.8 Å². The minimum absolute atomic E-state index is 0.0149. The molecule has 0 radical (unpaired) electrons. The van der Waals surface area contributed by atoms with Crippen molar-refractivity contribution in [3.05, 3.63) is 177 Å². The van der Waals surface area contributed by atoms with Crippen molar-refractivity contribution in [2.75, 3.05) is 0 Å². The van der Waals surface area contributed by atoms with Crippen molar-refractivity contribution in [3.8, 4) is 33.8 Å². The number of benzene rings is 6. The average Bonchev–Trinajstić information content (AvgIpc) is 3.15. The van der Waals surface area contributed by atoms with E-state index in [2.05, 4.69) is 9.47 Å². The van der Waals surface area contributed by atoms with Crippen LogP contribution in [-0.2, 0) is 25.1 Å². The Balaban J connectivity index is 0.000000224. The lowest BCUT2D eigenvalue weighted by atomic mass is 10.00. The van der Waals surface area contributed by atoms with Gasteiger partial charge < -0.3 is 9.47 Å². The molecule has 59 heavy (non-hydrogen) atoms. The SMILES string of the molecule is CCCc1ccc(-c2cc(F)c(C(F)(F)Oc3cc(F)c(C)c(F)c3)c(F)c2)cc1.CCc1ccc(-c2cc(F)c(C(F)(F)Oc3cc(F)c(F)c(F)c3)c(F)c2)cc1. The predicted molar refractivity (Wildman–Crippen MR) is 193 cm³/mol. The first-order chi connectivity index (χ1) is 27.7. The van der Waals surface area contributed by atoms with E-state index in [1.807, 2.05) is 13.8 Å². The molecule has 0 spiro atoms. The van der Waals surface area contributed by atoms with Gasteiger partial charge >= 0.3 is 12.2 Å². The molecule has 2 nitrogen and oxygen atoms in total. The van der Waals surface area contributed by atoms with Crippen LogP contribution in [0.5, 0.6) is 11.5 Å². The van der Waals surface area contributed by atoms with E-state index in [-0.39, 0.29) is 23.3 Å². The molecule has 310 valence electrons. The van der Waals surface area contributed by atoms with Gasteiger partial charge in [-0.15, -0.1) is 0 Å². The fraction of sp³-hybridized carbons (Fsp3) is 0.182. The fourth-order valence-corrected chi connectivity index (χ4v) is 5.79. The highest BCUT2D eigenvalue weighted by Gasteiger charge is 2.43. The highest BCUT2D eigenvalue weighted by Crippen LogP contribution is 2.39. The van der Waals surface area contributed by atoms with Crippen LogP contribution in [0.15, 0.2) is 97.1 Å². The molecule has 6 aromatic rings. The molecule has 0 saturated carbocycles. The maximum atomic E-state index is 14.5. The van der Waals surface area contributed by atoms with Gasteiger partial charge in [0.25, 0.3) is 0 Å². The Morgan fingerprint density at radius 2 is 0.763 bits per heavy atom. The number of alkyl halides is 4. The van der Waals surface area contributed by atoms with E-state index in [0.717, 1.165) is 49.4 Å². The second-order valence-electron chi connectivity index (χ2n) is 13.1. The third-order valence-electron chi connectivity index (χ3n) is 8.89. The van der Waals surface area contributed by atoms with Crippen LogP contribution < -0.4 is 9.47 Å². The van der Waals surface area contributed by atoms with Crippen LogP contribution in [-0.4, -0.2) is 0 Å². The van der Waals surface area contributed by atoms with Crippen molar-refractivity contribution in [1.82, 2.24) is 0 Å². The zero-order chi connectivity index (χ0) is 43.4. The molecule has 0 fully saturated rings. The molecule has 0 amide bonds. The summed E-state index contributed by atoms with van der Waals surface area (Å²) in [6.07, 6.45) is -6.59. The second-order valence-corrected chi connectivity index (χ2v) is 13.1. The Hall–Kier alpha value is -5.99. The molecule has 0 heterocycles. The third-order valence-corrected chi connectivity index (χ3v) is 8.89. The number of halogens is 13. The van der Waals surface area contributed by atoms with Crippen molar-refractivity contribution in [2.24, 2.45) is 0 Å². The summed E-state index contributed by atoms with van der Waals surface area (Å²) in [7, 11) is 0. The van der Waals surface area contributed by atoms with Gasteiger partial charge in [0.15, 0.2) is 17.5 Å². The van der Waals surface area contributed by atoms with Crippen LogP contribution in [0.3, 0.4) is 0 Å². The molecular formula is C44H31F13O2. The van der Waals surface area contributed by atoms with E-state index in [1.54, 1.807) is 48.5 Å². The molecule has 0 aliphatic rings. The Labute approximate surface area is 329 Å². The highest BCUT2D eigenvalue weighted by atomic mass is 19.3. The topological polar surface area (TPSA) is 18.5 Å². The van der Waals surface area contributed by atoms with E-state index in [0.29, 0.717) is 35.4 Å². The van der Waals surface area contributed by atoms with Gasteiger partial charge in [-0.3, -0.25) is 0 Å². The predicted octanol–water partition coefficient (Wildman–Crippen LogP) is 14.0. The molecule has 0 aliphatic carbocycles. The maximum Gasteiger partial charge on any atom is 0.432 e. The summed E-state index contributed by atoms with van der Waals surface area (Å²) in [5.74, 6) is -16.1. The molecule has 6 aromatic carbocycles. The van der Waals surface area contributed by atoms with Crippen LogP contribution >= 0.6 is 0 Å². The summed E-state index contributed by atoms with van der Waals surface area (Å²) in [6.45, 7) is 5.04. The average molecular weight is 839 g/mol. The number of hydrogen-bond donors (Lipinski definition) is 0. The zero-order valence-corrected chi connectivity index (χ0v) is 31.1. The summed E-state index contributed by atoms with van der Waals surface area (Å²) < 4.78 is 190. The highest BCUT2D eigenvalue weighted by molar-refractivity contribution is 5.65. The van der Waals surface area contributed by atoms with Gasteiger partial charge in [-0.2, -0.15) is 17.6 Å². The minimum atomic E-state index is -4.62. The minimum Gasteiger partial charge on any atom is -0.429 e. The number of hydrogen-bond acceptors (Lipinski definition) is 2. The number of rotatable bonds is 11. The fourth-order valence-electron chi connectivity index (χ4n) is 5.79. The van der Waals surface area contributed by atoms with Crippen molar-refractivity contribution in [2.45, 2.75) is 52.3 Å². The quantitative estimate of drug-likeness (QED) is 0.0956.